The van der Waals surface area contributed by atoms with E-state index in [1.165, 1.54) is 0 Å². The van der Waals surface area contributed by atoms with Crippen LogP contribution >= 0.6 is 15.9 Å². The minimum atomic E-state index is -0.755. The van der Waals surface area contributed by atoms with Crippen LogP contribution in [0.3, 0.4) is 0 Å². The smallest absolute Gasteiger partial charge is 0.316 e. The Morgan fingerprint density at radius 1 is 0.635 bits per heavy atom. The maximum atomic E-state index is 14.0. The highest BCUT2D eigenvalue weighted by Gasteiger charge is 2.51. The molecule has 7 nitrogen and oxygen atoms in total. The maximum Gasteiger partial charge on any atom is 0.316 e. The molecular formula is C44H45BrO7. The van der Waals surface area contributed by atoms with Crippen molar-refractivity contribution in [3.8, 4) is 5.75 Å². The van der Waals surface area contributed by atoms with Crippen LogP contribution in [0.1, 0.15) is 34.7 Å². The third kappa shape index (κ3) is 10.5. The van der Waals surface area contributed by atoms with E-state index in [2.05, 4.69) is 15.9 Å². The van der Waals surface area contributed by atoms with Crippen molar-refractivity contribution in [2.45, 2.75) is 70.8 Å². The third-order valence-corrected chi connectivity index (χ3v) is 9.62. The first-order valence-electron chi connectivity index (χ1n) is 17.7. The van der Waals surface area contributed by atoms with Gasteiger partial charge in [0.25, 0.3) is 0 Å². The molecule has 1 fully saturated rings. The lowest BCUT2D eigenvalue weighted by atomic mass is 9.87. The Labute approximate surface area is 314 Å². The van der Waals surface area contributed by atoms with Gasteiger partial charge in [0.2, 0.25) is 0 Å². The molecule has 0 aliphatic carbocycles. The van der Waals surface area contributed by atoms with E-state index in [0.29, 0.717) is 25.6 Å². The molecule has 52 heavy (non-hydrogen) atoms. The summed E-state index contributed by atoms with van der Waals surface area (Å²) in [6, 6.07) is 45.5. The highest BCUT2D eigenvalue weighted by molar-refractivity contribution is 9.10. The molecule has 5 aromatic carbocycles. The highest BCUT2D eigenvalue weighted by Crippen LogP contribution is 2.35. The summed E-state index contributed by atoms with van der Waals surface area (Å²) in [6.45, 7) is 5.24. The van der Waals surface area contributed by atoms with Crippen LogP contribution in [-0.4, -0.2) is 43.1 Å². The number of carbonyl (C=O) groups excluding carboxylic acids is 1. The van der Waals surface area contributed by atoms with Crippen LogP contribution in [0.5, 0.6) is 5.75 Å². The summed E-state index contributed by atoms with van der Waals surface area (Å²) in [7, 11) is 0. The van der Waals surface area contributed by atoms with E-state index in [0.717, 1.165) is 32.3 Å². The Hall–Kier alpha value is -4.15. The van der Waals surface area contributed by atoms with Crippen LogP contribution in [0.2, 0.25) is 0 Å². The van der Waals surface area contributed by atoms with Crippen LogP contribution in [0.15, 0.2) is 144 Å². The minimum absolute atomic E-state index is 0.203. The highest BCUT2D eigenvalue weighted by atomic mass is 79.9. The van der Waals surface area contributed by atoms with Crippen molar-refractivity contribution < 1.29 is 33.2 Å². The lowest BCUT2D eigenvalue weighted by Crippen LogP contribution is -2.63. The number of hydrogen-bond acceptors (Lipinski definition) is 7. The molecule has 1 saturated heterocycles. The zero-order chi connectivity index (χ0) is 36.1. The topological polar surface area (TPSA) is 72.5 Å². The van der Waals surface area contributed by atoms with Crippen LogP contribution in [0, 0.1) is 12.8 Å². The summed E-state index contributed by atoms with van der Waals surface area (Å²) >= 11 is 3.50. The molecule has 0 spiro atoms. The van der Waals surface area contributed by atoms with Crippen molar-refractivity contribution >= 4 is 21.9 Å². The molecule has 1 unspecified atom stereocenters. The number of carbonyl (C=O) groups is 1. The average molecular weight is 766 g/mol. The quantitative estimate of drug-likeness (QED) is 0.0734. The largest absolute Gasteiger partial charge is 0.426 e. The van der Waals surface area contributed by atoms with Crippen molar-refractivity contribution in [2.24, 2.45) is 5.92 Å². The first kappa shape index (κ1) is 37.6. The number of esters is 1. The maximum absolute atomic E-state index is 14.0. The summed E-state index contributed by atoms with van der Waals surface area (Å²) in [5.41, 5.74) is 4.88. The van der Waals surface area contributed by atoms with Crippen LogP contribution < -0.4 is 4.74 Å². The fourth-order valence-electron chi connectivity index (χ4n) is 6.29. The molecule has 0 saturated carbocycles. The van der Waals surface area contributed by atoms with Gasteiger partial charge in [-0.15, -0.1) is 0 Å². The van der Waals surface area contributed by atoms with Crippen LogP contribution in [0.25, 0.3) is 0 Å². The van der Waals surface area contributed by atoms with Gasteiger partial charge in [-0.25, -0.2) is 0 Å². The number of halogens is 1. The van der Waals surface area contributed by atoms with E-state index in [9.17, 15) is 4.79 Å². The molecule has 6 rings (SSSR count). The number of rotatable bonds is 16. The van der Waals surface area contributed by atoms with Gasteiger partial charge < -0.3 is 28.4 Å². The Kier molecular flexibility index (Phi) is 13.8. The van der Waals surface area contributed by atoms with Gasteiger partial charge in [0.1, 0.15) is 30.2 Å². The van der Waals surface area contributed by atoms with Crippen molar-refractivity contribution in [1.82, 2.24) is 0 Å². The zero-order valence-corrected chi connectivity index (χ0v) is 31.1. The van der Waals surface area contributed by atoms with Gasteiger partial charge in [0.15, 0.2) is 0 Å². The summed E-state index contributed by atoms with van der Waals surface area (Å²) in [5.74, 6) is -0.683. The number of aryl methyl sites for hydroxylation is 1. The van der Waals surface area contributed by atoms with Gasteiger partial charge in [-0.05, 0) is 59.9 Å². The van der Waals surface area contributed by atoms with Crippen molar-refractivity contribution in [2.75, 3.05) is 6.61 Å². The Morgan fingerprint density at radius 2 is 1.10 bits per heavy atom. The molecule has 1 aliphatic rings. The molecule has 0 bridgehead atoms. The molecule has 1 aliphatic heterocycles. The summed E-state index contributed by atoms with van der Waals surface area (Å²) in [6.07, 6.45) is -3.30. The molecule has 0 amide bonds. The van der Waals surface area contributed by atoms with E-state index in [-0.39, 0.29) is 13.2 Å². The lowest BCUT2D eigenvalue weighted by molar-refractivity contribution is -0.280. The van der Waals surface area contributed by atoms with E-state index in [1.54, 1.807) is 6.07 Å². The lowest BCUT2D eigenvalue weighted by Gasteiger charge is -2.47. The van der Waals surface area contributed by atoms with Gasteiger partial charge in [0, 0.05) is 4.47 Å². The predicted octanol–water partition coefficient (Wildman–Crippen LogP) is 9.04. The predicted molar refractivity (Wildman–Crippen MR) is 203 cm³/mol. The van der Waals surface area contributed by atoms with Crippen LogP contribution in [-0.2, 0) is 54.9 Å². The fourth-order valence-corrected chi connectivity index (χ4v) is 6.77. The van der Waals surface area contributed by atoms with E-state index in [4.69, 9.17) is 28.4 Å². The second-order valence-electron chi connectivity index (χ2n) is 13.0. The van der Waals surface area contributed by atoms with Crippen LogP contribution in [0.4, 0.5) is 0 Å². The molecule has 6 atom stereocenters. The number of hydrogen-bond donors (Lipinski definition) is 0. The van der Waals surface area contributed by atoms with E-state index in [1.807, 2.05) is 147 Å². The van der Waals surface area contributed by atoms with E-state index >= 15 is 0 Å². The monoisotopic (exact) mass is 764 g/mol. The molecule has 1 heterocycles. The normalized spacial score (nSPS) is 20.6. The Bertz CT molecular complexity index is 1810. The van der Waals surface area contributed by atoms with Crippen molar-refractivity contribution in [3.63, 3.8) is 0 Å². The molecular weight excluding hydrogens is 720 g/mol. The van der Waals surface area contributed by atoms with Crippen molar-refractivity contribution in [1.29, 1.82) is 0 Å². The second-order valence-corrected chi connectivity index (χ2v) is 14.0. The third-order valence-electron chi connectivity index (χ3n) is 9.13. The molecule has 8 heteroatoms. The average Bonchev–Trinajstić information content (AvgIpc) is 3.18. The van der Waals surface area contributed by atoms with Gasteiger partial charge in [-0.2, -0.15) is 0 Å². The Balaban J connectivity index is 1.34. The number of benzene rings is 5. The van der Waals surface area contributed by atoms with E-state index < -0.39 is 42.4 Å². The molecule has 0 N–H and O–H groups in total. The summed E-state index contributed by atoms with van der Waals surface area (Å²) < 4.78 is 40.5. The zero-order valence-electron chi connectivity index (χ0n) is 29.5. The molecule has 0 radical (unpaired) electrons. The second kappa shape index (κ2) is 19.1. The van der Waals surface area contributed by atoms with Gasteiger partial charge in [0.05, 0.1) is 45.1 Å². The SMILES string of the molecule is Cc1cc(Br)ccc1OC(=O)C(C)[C@H]1O[C@H](COCc2ccccc2)[C@@H](OCc2ccccc2)[C@@H](OCc2ccccc2)[C@H]1OCc1ccccc1. The van der Waals surface area contributed by atoms with Gasteiger partial charge in [-0.3, -0.25) is 4.79 Å². The first-order valence-corrected chi connectivity index (χ1v) is 18.5. The molecule has 5 aromatic rings. The minimum Gasteiger partial charge on any atom is -0.426 e. The van der Waals surface area contributed by atoms with Gasteiger partial charge in [-0.1, -0.05) is 137 Å². The molecule has 0 aromatic heterocycles. The van der Waals surface area contributed by atoms with Crippen molar-refractivity contribution in [3.05, 3.63) is 172 Å². The Morgan fingerprint density at radius 3 is 1.60 bits per heavy atom. The standard InChI is InChI=1S/C44H45BrO7/c1-31-25-37(45)23-24-38(31)52-44(46)32(2)40-42(49-28-35-19-11-5-12-20-35)43(50-29-36-21-13-6-14-22-36)41(48-27-34-17-9-4-10-18-34)39(51-40)30-47-26-33-15-7-3-8-16-33/h3-25,32,39-43H,26-30H2,1-2H3/t32?,39-,40-,41-,42+,43-/m1/s1. The molecule has 270 valence electrons. The van der Waals surface area contributed by atoms with Gasteiger partial charge >= 0.3 is 5.97 Å². The summed E-state index contributed by atoms with van der Waals surface area (Å²) in [4.78, 5) is 14.0. The summed E-state index contributed by atoms with van der Waals surface area (Å²) in [5, 5.41) is 0. The fraction of sp³-hybridized carbons (Fsp3) is 0.295. The number of ether oxygens (including phenoxy) is 6. The first-order chi connectivity index (χ1) is 25.4.